The van der Waals surface area contributed by atoms with Crippen LogP contribution in [0.1, 0.15) is 31.2 Å². The topological polar surface area (TPSA) is 21.3 Å². The molecule has 0 heterocycles. The minimum Gasteiger partial charge on any atom is -0.490 e. The Morgan fingerprint density at radius 3 is 2.58 bits per heavy atom. The molecule has 2 fully saturated rings. The zero-order valence-electron chi connectivity index (χ0n) is 11.5. The highest BCUT2D eigenvalue weighted by atomic mass is 16.5. The molecule has 2 aliphatic rings. The summed E-state index contributed by atoms with van der Waals surface area (Å²) in [6, 6.07) is 8.35. The third-order valence-electron chi connectivity index (χ3n) is 4.43. The highest BCUT2D eigenvalue weighted by Gasteiger charge is 2.53. The molecule has 0 aliphatic heterocycles. The summed E-state index contributed by atoms with van der Waals surface area (Å²) in [7, 11) is 0. The fourth-order valence-corrected chi connectivity index (χ4v) is 2.90. The summed E-state index contributed by atoms with van der Waals surface area (Å²) >= 11 is 0. The van der Waals surface area contributed by atoms with E-state index in [4.69, 9.17) is 4.74 Å². The van der Waals surface area contributed by atoms with E-state index < -0.39 is 0 Å². The standard InChI is InChI=1S/C17H23NO/c1-2-11-19-16-7-3-14(4-8-16)12-18-13-17(9-10-17)15-5-6-15/h2-4,7-8,15,18H,1,5-6,9-13H2. The summed E-state index contributed by atoms with van der Waals surface area (Å²) in [5.41, 5.74) is 2.02. The van der Waals surface area contributed by atoms with Gasteiger partial charge in [-0.2, -0.15) is 0 Å². The minimum absolute atomic E-state index is 0.571. The second-order valence-corrected chi connectivity index (χ2v) is 5.98. The van der Waals surface area contributed by atoms with Gasteiger partial charge in [0.1, 0.15) is 12.4 Å². The van der Waals surface area contributed by atoms with Gasteiger partial charge in [0, 0.05) is 13.1 Å². The number of rotatable bonds is 8. The van der Waals surface area contributed by atoms with Crippen molar-refractivity contribution in [1.82, 2.24) is 5.32 Å². The first-order valence-electron chi connectivity index (χ1n) is 7.36. The van der Waals surface area contributed by atoms with Crippen molar-refractivity contribution >= 4 is 0 Å². The monoisotopic (exact) mass is 257 g/mol. The highest BCUT2D eigenvalue weighted by molar-refractivity contribution is 5.27. The first-order chi connectivity index (χ1) is 9.32. The zero-order valence-corrected chi connectivity index (χ0v) is 11.5. The van der Waals surface area contributed by atoms with Gasteiger partial charge in [-0.1, -0.05) is 24.8 Å². The van der Waals surface area contributed by atoms with Gasteiger partial charge in [-0.3, -0.25) is 0 Å². The smallest absolute Gasteiger partial charge is 0.119 e. The number of hydrogen-bond donors (Lipinski definition) is 1. The second kappa shape index (κ2) is 5.38. The van der Waals surface area contributed by atoms with Crippen molar-refractivity contribution in [2.24, 2.45) is 11.3 Å². The van der Waals surface area contributed by atoms with E-state index in [1.165, 1.54) is 37.8 Å². The van der Waals surface area contributed by atoms with Gasteiger partial charge in [0.2, 0.25) is 0 Å². The van der Waals surface area contributed by atoms with E-state index in [1.807, 2.05) is 12.1 Å². The molecule has 1 N–H and O–H groups in total. The average molecular weight is 257 g/mol. The van der Waals surface area contributed by atoms with E-state index in [1.54, 1.807) is 6.08 Å². The number of nitrogens with one attached hydrogen (secondary N) is 1. The molecule has 2 saturated carbocycles. The molecule has 2 nitrogen and oxygen atoms in total. The lowest BCUT2D eigenvalue weighted by molar-refractivity contribution is 0.363. The SMILES string of the molecule is C=CCOc1ccc(CNCC2(C3CC3)CC2)cc1. The number of hydrogen-bond acceptors (Lipinski definition) is 2. The molecule has 0 atom stereocenters. The predicted molar refractivity (Wildman–Crippen MR) is 78.2 cm³/mol. The summed E-state index contributed by atoms with van der Waals surface area (Å²) < 4.78 is 5.48. The summed E-state index contributed by atoms with van der Waals surface area (Å²) in [5, 5.41) is 3.63. The van der Waals surface area contributed by atoms with Crippen molar-refractivity contribution in [1.29, 1.82) is 0 Å². The maximum Gasteiger partial charge on any atom is 0.119 e. The van der Waals surface area contributed by atoms with E-state index in [-0.39, 0.29) is 0 Å². The molecule has 2 aliphatic carbocycles. The highest BCUT2D eigenvalue weighted by Crippen LogP contribution is 2.60. The summed E-state index contributed by atoms with van der Waals surface area (Å²) in [5.74, 6) is 1.95. The Kier molecular flexibility index (Phi) is 3.61. The molecular formula is C17H23NO. The van der Waals surface area contributed by atoms with Crippen LogP contribution in [0.2, 0.25) is 0 Å². The quantitative estimate of drug-likeness (QED) is 0.719. The summed E-state index contributed by atoms with van der Waals surface area (Å²) in [6.07, 6.45) is 7.59. The van der Waals surface area contributed by atoms with Crippen LogP contribution in [-0.4, -0.2) is 13.2 Å². The van der Waals surface area contributed by atoms with Gasteiger partial charge in [0.25, 0.3) is 0 Å². The van der Waals surface area contributed by atoms with Crippen LogP contribution < -0.4 is 10.1 Å². The maximum atomic E-state index is 5.48. The Bertz CT molecular complexity index is 429. The molecule has 0 amide bonds. The van der Waals surface area contributed by atoms with Crippen LogP contribution in [0.3, 0.4) is 0 Å². The van der Waals surface area contributed by atoms with Crippen LogP contribution >= 0.6 is 0 Å². The molecule has 19 heavy (non-hydrogen) atoms. The average Bonchev–Trinajstić information content (AvgIpc) is 3.29. The predicted octanol–water partition coefficient (Wildman–Crippen LogP) is 3.53. The van der Waals surface area contributed by atoms with Crippen LogP contribution in [0.15, 0.2) is 36.9 Å². The molecular weight excluding hydrogens is 234 g/mol. The van der Waals surface area contributed by atoms with Gasteiger partial charge in [0.15, 0.2) is 0 Å². The first kappa shape index (κ1) is 12.7. The lowest BCUT2D eigenvalue weighted by atomic mass is 10.0. The van der Waals surface area contributed by atoms with Crippen molar-refractivity contribution in [2.75, 3.05) is 13.2 Å². The van der Waals surface area contributed by atoms with E-state index in [0.717, 1.165) is 18.2 Å². The molecule has 0 aromatic heterocycles. The van der Waals surface area contributed by atoms with Gasteiger partial charge in [-0.25, -0.2) is 0 Å². The number of ether oxygens (including phenoxy) is 1. The lowest BCUT2D eigenvalue weighted by Crippen LogP contribution is -2.24. The van der Waals surface area contributed by atoms with E-state index >= 15 is 0 Å². The Morgan fingerprint density at radius 1 is 1.26 bits per heavy atom. The molecule has 0 unspecified atom stereocenters. The first-order valence-corrected chi connectivity index (χ1v) is 7.36. The fourth-order valence-electron chi connectivity index (χ4n) is 2.90. The second-order valence-electron chi connectivity index (χ2n) is 5.98. The van der Waals surface area contributed by atoms with Gasteiger partial charge in [-0.15, -0.1) is 0 Å². The summed E-state index contributed by atoms with van der Waals surface area (Å²) in [4.78, 5) is 0. The molecule has 2 heteroatoms. The summed E-state index contributed by atoms with van der Waals surface area (Å²) in [6.45, 7) is 6.39. The van der Waals surface area contributed by atoms with Crippen LogP contribution in [0.5, 0.6) is 5.75 Å². The maximum absolute atomic E-state index is 5.48. The Labute approximate surface area is 115 Å². The van der Waals surface area contributed by atoms with Crippen molar-refractivity contribution in [2.45, 2.75) is 32.2 Å². The molecule has 3 rings (SSSR count). The molecule has 0 saturated heterocycles. The van der Waals surface area contributed by atoms with Crippen LogP contribution in [-0.2, 0) is 6.54 Å². The molecule has 1 aromatic carbocycles. The molecule has 0 bridgehead atoms. The largest absolute Gasteiger partial charge is 0.490 e. The lowest BCUT2D eigenvalue weighted by Gasteiger charge is -2.15. The van der Waals surface area contributed by atoms with E-state index in [0.29, 0.717) is 12.0 Å². The van der Waals surface area contributed by atoms with Crippen molar-refractivity contribution in [3.63, 3.8) is 0 Å². The third-order valence-corrected chi connectivity index (χ3v) is 4.43. The molecule has 0 radical (unpaired) electrons. The van der Waals surface area contributed by atoms with Crippen LogP contribution in [0.4, 0.5) is 0 Å². The van der Waals surface area contributed by atoms with Crippen molar-refractivity contribution in [3.8, 4) is 5.75 Å². The molecule has 0 spiro atoms. The number of benzene rings is 1. The van der Waals surface area contributed by atoms with Gasteiger partial charge in [0.05, 0.1) is 0 Å². The van der Waals surface area contributed by atoms with E-state index in [2.05, 4.69) is 24.0 Å². The van der Waals surface area contributed by atoms with Gasteiger partial charge in [-0.05, 0) is 54.7 Å². The molecule has 1 aromatic rings. The van der Waals surface area contributed by atoms with Crippen molar-refractivity contribution in [3.05, 3.63) is 42.5 Å². The zero-order chi connectivity index (χ0) is 13.1. The Morgan fingerprint density at radius 2 is 2.00 bits per heavy atom. The van der Waals surface area contributed by atoms with Crippen LogP contribution in [0.25, 0.3) is 0 Å². The minimum atomic E-state index is 0.571. The fraction of sp³-hybridized carbons (Fsp3) is 0.529. The van der Waals surface area contributed by atoms with Crippen LogP contribution in [0, 0.1) is 11.3 Å². The Balaban J connectivity index is 1.43. The molecule has 102 valence electrons. The Hall–Kier alpha value is -1.28. The normalized spacial score (nSPS) is 20.0. The van der Waals surface area contributed by atoms with Gasteiger partial charge >= 0.3 is 0 Å². The third kappa shape index (κ3) is 3.19. The van der Waals surface area contributed by atoms with Crippen molar-refractivity contribution < 1.29 is 4.74 Å². The van der Waals surface area contributed by atoms with Gasteiger partial charge < -0.3 is 10.1 Å². The van der Waals surface area contributed by atoms with E-state index in [9.17, 15) is 0 Å².